The summed E-state index contributed by atoms with van der Waals surface area (Å²) in [5.41, 5.74) is 3.35. The fourth-order valence-electron chi connectivity index (χ4n) is 2.46. The lowest BCUT2D eigenvalue weighted by molar-refractivity contribution is 0.111. The number of hydrogen-bond donors (Lipinski definition) is 1. The number of amides is 1. The van der Waals surface area contributed by atoms with E-state index in [0.717, 1.165) is 17.7 Å². The van der Waals surface area contributed by atoms with Crippen LogP contribution < -0.4 is 14.8 Å². The topological polar surface area (TPSA) is 56.8 Å². The molecule has 0 aliphatic rings. The van der Waals surface area contributed by atoms with Gasteiger partial charge in [-0.15, -0.1) is 0 Å². The summed E-state index contributed by atoms with van der Waals surface area (Å²) in [5, 5.41) is 2.49. The molecule has 25 heavy (non-hydrogen) atoms. The molecule has 0 unspecified atom stereocenters. The molecule has 2 rings (SSSR count). The predicted octanol–water partition coefficient (Wildman–Crippen LogP) is 4.62. The molecule has 134 valence electrons. The highest BCUT2D eigenvalue weighted by molar-refractivity contribution is 5.86. The lowest BCUT2D eigenvalue weighted by Crippen LogP contribution is -2.15. The minimum absolute atomic E-state index is 0.182. The van der Waals surface area contributed by atoms with Gasteiger partial charge < -0.3 is 14.2 Å². The third-order valence-corrected chi connectivity index (χ3v) is 3.79. The van der Waals surface area contributed by atoms with Gasteiger partial charge in [0.05, 0.1) is 18.4 Å². The molecule has 1 N–H and O–H groups in total. The quantitative estimate of drug-likeness (QED) is 0.794. The Kier molecular flexibility index (Phi) is 6.62. The summed E-state index contributed by atoms with van der Waals surface area (Å²) in [6.07, 6.45) is 0.0822. The first kappa shape index (κ1) is 18.6. The van der Waals surface area contributed by atoms with Gasteiger partial charge >= 0.3 is 6.09 Å². The van der Waals surface area contributed by atoms with Crippen molar-refractivity contribution in [3.05, 3.63) is 53.1 Å². The Labute approximate surface area is 146 Å². The van der Waals surface area contributed by atoms with Gasteiger partial charge in [0.25, 0.3) is 0 Å². The number of rotatable bonds is 7. The smallest absolute Gasteiger partial charge is 0.413 e. The number of alkyl halides is 1. The summed E-state index contributed by atoms with van der Waals surface area (Å²) in [6.45, 7) is 3.07. The van der Waals surface area contributed by atoms with Crippen LogP contribution in [0.2, 0.25) is 0 Å². The second-order valence-corrected chi connectivity index (χ2v) is 5.39. The van der Waals surface area contributed by atoms with Crippen LogP contribution >= 0.6 is 0 Å². The molecule has 0 saturated heterocycles. The molecule has 0 aliphatic carbocycles. The van der Waals surface area contributed by atoms with Crippen LogP contribution in [0.15, 0.2) is 36.4 Å². The fourth-order valence-corrected chi connectivity index (χ4v) is 2.46. The van der Waals surface area contributed by atoms with E-state index in [1.54, 1.807) is 18.2 Å². The lowest BCUT2D eigenvalue weighted by Gasteiger charge is -2.16. The zero-order valence-corrected chi connectivity index (χ0v) is 14.6. The van der Waals surface area contributed by atoms with Crippen molar-refractivity contribution in [2.24, 2.45) is 0 Å². The maximum absolute atomic E-state index is 12.1. The van der Waals surface area contributed by atoms with Crippen molar-refractivity contribution in [2.75, 3.05) is 19.3 Å². The molecule has 0 heterocycles. The van der Waals surface area contributed by atoms with Crippen molar-refractivity contribution >= 4 is 11.8 Å². The Balaban J connectivity index is 2.21. The van der Waals surface area contributed by atoms with Gasteiger partial charge in [-0.05, 0) is 42.7 Å². The lowest BCUT2D eigenvalue weighted by atomic mass is 10.1. The zero-order chi connectivity index (χ0) is 18.2. The van der Waals surface area contributed by atoms with E-state index in [-0.39, 0.29) is 6.61 Å². The van der Waals surface area contributed by atoms with Gasteiger partial charge in [-0.25, -0.2) is 9.18 Å². The van der Waals surface area contributed by atoms with Crippen LogP contribution in [-0.2, 0) is 17.8 Å². The third-order valence-electron chi connectivity index (χ3n) is 3.79. The summed E-state index contributed by atoms with van der Waals surface area (Å²) in [6, 6.07) is 11.2. The maximum Gasteiger partial charge on any atom is 0.413 e. The van der Waals surface area contributed by atoms with Crippen molar-refractivity contribution in [1.82, 2.24) is 0 Å². The molecule has 2 aromatic rings. The minimum atomic E-state index is -1.19. The number of anilines is 1. The van der Waals surface area contributed by atoms with Crippen LogP contribution in [0.4, 0.5) is 14.9 Å². The first-order chi connectivity index (χ1) is 12.1. The number of aryl methyl sites for hydroxylation is 2. The highest BCUT2D eigenvalue weighted by Gasteiger charge is 2.14. The Bertz CT molecular complexity index is 733. The standard InChI is InChI=1S/C19H22FNO4/c1-4-14-8-9-17(13(2)10-14)24-11-15-16(21-19(22)25-12-20)6-5-7-18(15)23-3/h5-10H,4,11-12H2,1-3H3,(H,21,22). The van der Waals surface area contributed by atoms with Gasteiger partial charge in [-0.2, -0.15) is 0 Å². The third kappa shape index (κ3) is 4.86. The monoisotopic (exact) mass is 347 g/mol. The second kappa shape index (κ2) is 8.92. The highest BCUT2D eigenvalue weighted by Crippen LogP contribution is 2.29. The van der Waals surface area contributed by atoms with Gasteiger partial charge in [-0.1, -0.05) is 25.1 Å². The first-order valence-electron chi connectivity index (χ1n) is 7.97. The number of ether oxygens (including phenoxy) is 3. The molecule has 2 aromatic carbocycles. The summed E-state index contributed by atoms with van der Waals surface area (Å²) in [4.78, 5) is 11.5. The van der Waals surface area contributed by atoms with Gasteiger partial charge in [0, 0.05) is 0 Å². The zero-order valence-electron chi connectivity index (χ0n) is 14.6. The normalized spacial score (nSPS) is 10.2. The number of carbonyl (C=O) groups excluding carboxylic acids is 1. The number of hydrogen-bond acceptors (Lipinski definition) is 4. The van der Waals surface area contributed by atoms with E-state index in [1.807, 2.05) is 19.1 Å². The largest absolute Gasteiger partial charge is 0.496 e. The number of carbonyl (C=O) groups is 1. The molecule has 5 nitrogen and oxygen atoms in total. The molecular formula is C19H22FNO4. The molecule has 0 saturated carbocycles. The number of nitrogens with one attached hydrogen (secondary N) is 1. The second-order valence-electron chi connectivity index (χ2n) is 5.39. The van der Waals surface area contributed by atoms with E-state index >= 15 is 0 Å². The molecule has 6 heteroatoms. The average molecular weight is 347 g/mol. The molecular weight excluding hydrogens is 325 g/mol. The summed E-state index contributed by atoms with van der Waals surface area (Å²) in [7, 11) is 1.53. The Hall–Kier alpha value is -2.76. The molecule has 0 aliphatic heterocycles. The van der Waals surface area contributed by atoms with Crippen molar-refractivity contribution in [1.29, 1.82) is 0 Å². The SMILES string of the molecule is CCc1ccc(OCc2c(NC(=O)OCF)cccc2OC)c(C)c1. The molecule has 1 amide bonds. The van der Waals surface area contributed by atoms with E-state index in [4.69, 9.17) is 9.47 Å². The van der Waals surface area contributed by atoms with Gasteiger partial charge in [0.1, 0.15) is 18.1 Å². The van der Waals surface area contributed by atoms with Gasteiger partial charge in [-0.3, -0.25) is 5.32 Å². The molecule has 0 bridgehead atoms. The van der Waals surface area contributed by atoms with Crippen LogP contribution in [0.1, 0.15) is 23.6 Å². The van der Waals surface area contributed by atoms with E-state index < -0.39 is 13.0 Å². The summed E-state index contributed by atoms with van der Waals surface area (Å²) in [5.74, 6) is 1.31. The number of methoxy groups -OCH3 is 1. The van der Waals surface area contributed by atoms with Gasteiger partial charge in [0.2, 0.25) is 6.86 Å². The molecule has 0 aromatic heterocycles. The average Bonchev–Trinajstić information content (AvgIpc) is 2.61. The van der Waals surface area contributed by atoms with Crippen molar-refractivity contribution in [2.45, 2.75) is 26.9 Å². The predicted molar refractivity (Wildman–Crippen MR) is 94.0 cm³/mol. The fraction of sp³-hybridized carbons (Fsp3) is 0.316. The van der Waals surface area contributed by atoms with Crippen molar-refractivity contribution < 1.29 is 23.4 Å². The Morgan fingerprint density at radius 2 is 2.00 bits per heavy atom. The van der Waals surface area contributed by atoms with E-state index in [0.29, 0.717) is 17.0 Å². The van der Waals surface area contributed by atoms with Crippen LogP contribution in [0, 0.1) is 6.92 Å². The highest BCUT2D eigenvalue weighted by atomic mass is 19.1. The van der Waals surface area contributed by atoms with Crippen LogP contribution in [-0.4, -0.2) is 20.1 Å². The molecule has 0 fully saturated rings. The molecule has 0 radical (unpaired) electrons. The van der Waals surface area contributed by atoms with Crippen molar-refractivity contribution in [3.63, 3.8) is 0 Å². The Morgan fingerprint density at radius 1 is 1.20 bits per heavy atom. The summed E-state index contributed by atoms with van der Waals surface area (Å²) >= 11 is 0. The van der Waals surface area contributed by atoms with E-state index in [2.05, 4.69) is 23.0 Å². The number of benzene rings is 2. The van der Waals surface area contributed by atoms with E-state index in [9.17, 15) is 9.18 Å². The van der Waals surface area contributed by atoms with Crippen LogP contribution in [0.3, 0.4) is 0 Å². The maximum atomic E-state index is 12.1. The van der Waals surface area contributed by atoms with Crippen LogP contribution in [0.25, 0.3) is 0 Å². The number of halogens is 1. The summed E-state index contributed by atoms with van der Waals surface area (Å²) < 4.78 is 27.7. The van der Waals surface area contributed by atoms with Gasteiger partial charge in [0.15, 0.2) is 0 Å². The van der Waals surface area contributed by atoms with E-state index in [1.165, 1.54) is 12.7 Å². The minimum Gasteiger partial charge on any atom is -0.496 e. The molecule has 0 atom stereocenters. The van der Waals surface area contributed by atoms with Crippen molar-refractivity contribution in [3.8, 4) is 11.5 Å². The Morgan fingerprint density at radius 3 is 2.64 bits per heavy atom. The molecule has 0 spiro atoms. The van der Waals surface area contributed by atoms with Crippen LogP contribution in [0.5, 0.6) is 11.5 Å². The first-order valence-corrected chi connectivity index (χ1v) is 7.97.